The number of halogens is 1. The standard InChI is InChI=1S/C11H15BrO2S/c1-4-11(3,14-5-2)10(13)9-8(12)6-7-15-9/h6-7H,4-5H2,1-3H3. The van der Waals surface area contributed by atoms with Crippen molar-refractivity contribution < 1.29 is 9.53 Å². The summed E-state index contributed by atoms with van der Waals surface area (Å²) in [6, 6.07) is 1.89. The Morgan fingerprint density at radius 3 is 2.67 bits per heavy atom. The van der Waals surface area contributed by atoms with Crippen molar-refractivity contribution in [2.24, 2.45) is 0 Å². The van der Waals surface area contributed by atoms with Crippen LogP contribution in [0.3, 0.4) is 0 Å². The van der Waals surface area contributed by atoms with Crippen LogP contribution in [0, 0.1) is 0 Å². The lowest BCUT2D eigenvalue weighted by atomic mass is 9.96. The van der Waals surface area contributed by atoms with Gasteiger partial charge in [0.05, 0.1) is 4.88 Å². The van der Waals surface area contributed by atoms with Gasteiger partial charge >= 0.3 is 0 Å². The summed E-state index contributed by atoms with van der Waals surface area (Å²) in [7, 11) is 0. The molecule has 0 saturated carbocycles. The molecule has 0 aliphatic carbocycles. The second-order valence-electron chi connectivity index (χ2n) is 3.44. The highest BCUT2D eigenvalue weighted by atomic mass is 79.9. The molecule has 0 saturated heterocycles. The van der Waals surface area contributed by atoms with Gasteiger partial charge in [-0.3, -0.25) is 4.79 Å². The number of hydrogen-bond acceptors (Lipinski definition) is 3. The van der Waals surface area contributed by atoms with Gasteiger partial charge in [-0.2, -0.15) is 0 Å². The van der Waals surface area contributed by atoms with Crippen molar-refractivity contribution in [3.63, 3.8) is 0 Å². The topological polar surface area (TPSA) is 26.3 Å². The molecule has 0 bridgehead atoms. The Kier molecular flexibility index (Phi) is 4.49. The van der Waals surface area contributed by atoms with Gasteiger partial charge in [0.25, 0.3) is 0 Å². The summed E-state index contributed by atoms with van der Waals surface area (Å²) in [5.74, 6) is 0.0636. The van der Waals surface area contributed by atoms with Crippen LogP contribution < -0.4 is 0 Å². The Balaban J connectivity index is 2.96. The van der Waals surface area contributed by atoms with Crippen LogP contribution in [0.2, 0.25) is 0 Å². The molecule has 1 aromatic heterocycles. The van der Waals surface area contributed by atoms with Crippen molar-refractivity contribution >= 4 is 33.0 Å². The third-order valence-electron chi connectivity index (χ3n) is 2.44. The SMILES string of the molecule is CCOC(C)(CC)C(=O)c1sccc1Br. The van der Waals surface area contributed by atoms with Crippen LogP contribution in [0.4, 0.5) is 0 Å². The van der Waals surface area contributed by atoms with E-state index in [9.17, 15) is 4.79 Å². The number of carbonyl (C=O) groups is 1. The minimum atomic E-state index is -0.692. The lowest BCUT2D eigenvalue weighted by molar-refractivity contribution is -0.0113. The summed E-state index contributed by atoms with van der Waals surface area (Å²) in [6.45, 7) is 6.28. The first kappa shape index (κ1) is 12.9. The molecule has 0 fully saturated rings. The molecule has 0 radical (unpaired) electrons. The van der Waals surface area contributed by atoms with E-state index in [0.717, 1.165) is 9.35 Å². The van der Waals surface area contributed by atoms with E-state index < -0.39 is 5.60 Å². The van der Waals surface area contributed by atoms with Gasteiger partial charge in [-0.25, -0.2) is 0 Å². The monoisotopic (exact) mass is 290 g/mol. The molecule has 0 aromatic carbocycles. The molecule has 0 aliphatic heterocycles. The lowest BCUT2D eigenvalue weighted by Gasteiger charge is -2.26. The Bertz CT molecular complexity index is 348. The number of thiophene rings is 1. The van der Waals surface area contributed by atoms with E-state index in [-0.39, 0.29) is 5.78 Å². The van der Waals surface area contributed by atoms with Gasteiger partial charge in [-0.05, 0) is 47.6 Å². The zero-order valence-electron chi connectivity index (χ0n) is 9.17. The van der Waals surface area contributed by atoms with Crippen LogP contribution in [0.1, 0.15) is 36.9 Å². The molecule has 0 aliphatic rings. The van der Waals surface area contributed by atoms with Crippen LogP contribution in [-0.2, 0) is 4.74 Å². The van der Waals surface area contributed by atoms with Crippen molar-refractivity contribution in [2.75, 3.05) is 6.61 Å². The maximum atomic E-state index is 12.2. The molecule has 0 spiro atoms. The summed E-state index contributed by atoms with van der Waals surface area (Å²) in [5, 5.41) is 1.90. The van der Waals surface area contributed by atoms with Gasteiger partial charge < -0.3 is 4.74 Å². The summed E-state index contributed by atoms with van der Waals surface area (Å²) < 4.78 is 6.41. The molecule has 84 valence electrons. The number of carbonyl (C=O) groups excluding carboxylic acids is 1. The van der Waals surface area contributed by atoms with Crippen LogP contribution in [0.15, 0.2) is 15.9 Å². The van der Waals surface area contributed by atoms with Gasteiger partial charge in [-0.1, -0.05) is 6.92 Å². The van der Waals surface area contributed by atoms with Gasteiger partial charge in [-0.15, -0.1) is 11.3 Å². The Morgan fingerprint density at radius 2 is 2.27 bits per heavy atom. The number of ether oxygens (including phenoxy) is 1. The second-order valence-corrected chi connectivity index (χ2v) is 5.21. The van der Waals surface area contributed by atoms with Crippen molar-refractivity contribution in [1.82, 2.24) is 0 Å². The molecule has 1 unspecified atom stereocenters. The van der Waals surface area contributed by atoms with Gasteiger partial charge in [0.2, 0.25) is 5.78 Å². The average molecular weight is 291 g/mol. The highest BCUT2D eigenvalue weighted by molar-refractivity contribution is 9.10. The van der Waals surface area contributed by atoms with Crippen LogP contribution in [0.25, 0.3) is 0 Å². The van der Waals surface area contributed by atoms with Gasteiger partial charge in [0.15, 0.2) is 0 Å². The minimum Gasteiger partial charge on any atom is -0.367 e. The molecule has 0 amide bonds. The van der Waals surface area contributed by atoms with Crippen molar-refractivity contribution in [2.45, 2.75) is 32.8 Å². The number of rotatable bonds is 5. The summed E-state index contributed by atoms with van der Waals surface area (Å²) in [5.41, 5.74) is -0.692. The fourth-order valence-corrected chi connectivity index (χ4v) is 2.95. The zero-order chi connectivity index (χ0) is 11.5. The van der Waals surface area contributed by atoms with E-state index in [2.05, 4.69) is 15.9 Å². The molecule has 1 atom stereocenters. The van der Waals surface area contributed by atoms with Crippen molar-refractivity contribution in [1.29, 1.82) is 0 Å². The van der Waals surface area contributed by atoms with E-state index in [4.69, 9.17) is 4.74 Å². The van der Waals surface area contributed by atoms with E-state index in [1.165, 1.54) is 11.3 Å². The molecular weight excluding hydrogens is 276 g/mol. The predicted molar refractivity (Wildman–Crippen MR) is 66.7 cm³/mol. The fraction of sp³-hybridized carbons (Fsp3) is 0.545. The Morgan fingerprint density at radius 1 is 1.60 bits per heavy atom. The first-order chi connectivity index (χ1) is 7.05. The van der Waals surface area contributed by atoms with Gasteiger partial charge in [0, 0.05) is 11.1 Å². The van der Waals surface area contributed by atoms with Crippen LogP contribution >= 0.6 is 27.3 Å². The highest BCUT2D eigenvalue weighted by Crippen LogP contribution is 2.30. The van der Waals surface area contributed by atoms with Crippen molar-refractivity contribution in [3.05, 3.63) is 20.8 Å². The fourth-order valence-electron chi connectivity index (χ4n) is 1.34. The Labute approximate surface area is 103 Å². The normalized spacial score (nSPS) is 14.9. The van der Waals surface area contributed by atoms with Crippen molar-refractivity contribution in [3.8, 4) is 0 Å². The smallest absolute Gasteiger partial charge is 0.205 e. The quantitative estimate of drug-likeness (QED) is 0.769. The van der Waals surface area contributed by atoms with Crippen LogP contribution in [-0.4, -0.2) is 18.0 Å². The second kappa shape index (κ2) is 5.23. The maximum Gasteiger partial charge on any atom is 0.205 e. The summed E-state index contributed by atoms with van der Waals surface area (Å²) in [4.78, 5) is 13.0. The molecule has 4 heteroatoms. The highest BCUT2D eigenvalue weighted by Gasteiger charge is 2.34. The first-order valence-corrected chi connectivity index (χ1v) is 6.64. The minimum absolute atomic E-state index is 0.0636. The van der Waals surface area contributed by atoms with Gasteiger partial charge in [0.1, 0.15) is 5.60 Å². The number of hydrogen-bond donors (Lipinski definition) is 0. The third kappa shape index (κ3) is 2.68. The van der Waals surface area contributed by atoms with E-state index in [1.807, 2.05) is 32.2 Å². The molecule has 1 rings (SSSR count). The molecule has 0 N–H and O–H groups in total. The number of Topliss-reactive ketones (excluding diaryl/α,β-unsaturated/α-hetero) is 1. The largest absolute Gasteiger partial charge is 0.367 e. The van der Waals surface area contributed by atoms with Crippen LogP contribution in [0.5, 0.6) is 0 Å². The molecule has 1 heterocycles. The zero-order valence-corrected chi connectivity index (χ0v) is 11.6. The Hall–Kier alpha value is -0.190. The molecular formula is C11H15BrO2S. The van der Waals surface area contributed by atoms with E-state index in [0.29, 0.717) is 13.0 Å². The summed E-state index contributed by atoms with van der Waals surface area (Å²) in [6.07, 6.45) is 0.685. The molecule has 1 aromatic rings. The molecule has 15 heavy (non-hydrogen) atoms. The summed E-state index contributed by atoms with van der Waals surface area (Å²) >= 11 is 4.82. The number of ketones is 1. The maximum absolute atomic E-state index is 12.2. The average Bonchev–Trinajstić information content (AvgIpc) is 2.63. The predicted octanol–water partition coefficient (Wildman–Crippen LogP) is 3.90. The third-order valence-corrected chi connectivity index (χ3v) is 4.28. The molecule has 2 nitrogen and oxygen atoms in total. The lowest BCUT2D eigenvalue weighted by Crippen LogP contribution is -2.37. The van der Waals surface area contributed by atoms with E-state index in [1.54, 1.807) is 0 Å². The first-order valence-electron chi connectivity index (χ1n) is 4.97. The van der Waals surface area contributed by atoms with E-state index >= 15 is 0 Å².